The van der Waals surface area contributed by atoms with Crippen molar-refractivity contribution in [2.24, 2.45) is 0 Å². The highest BCUT2D eigenvalue weighted by atomic mass is 35.5. The largest absolute Gasteiger partial charge is 0.368 e. The van der Waals surface area contributed by atoms with Gasteiger partial charge >= 0.3 is 0 Å². The molecule has 0 saturated carbocycles. The maximum absolute atomic E-state index is 13.8. The Morgan fingerprint density at radius 1 is 0.912 bits per heavy atom. The van der Waals surface area contributed by atoms with E-state index in [1.54, 1.807) is 48.7 Å². The Morgan fingerprint density at radius 2 is 1.56 bits per heavy atom. The van der Waals surface area contributed by atoms with Gasteiger partial charge in [-0.15, -0.1) is 0 Å². The summed E-state index contributed by atoms with van der Waals surface area (Å²) in [5.74, 6) is -0.941. The fourth-order valence-corrected chi connectivity index (χ4v) is 3.61. The molecule has 1 aromatic heterocycles. The molecule has 0 bridgehead atoms. The van der Waals surface area contributed by atoms with E-state index in [2.05, 4.69) is 25.9 Å². The second-order valence-electron chi connectivity index (χ2n) is 7.09. The van der Waals surface area contributed by atoms with Gasteiger partial charge in [-0.05, 0) is 72.9 Å². The second-order valence-corrected chi connectivity index (χ2v) is 7.90. The molecule has 34 heavy (non-hydrogen) atoms. The number of hydrogen-bond acceptors (Lipinski definition) is 5. The summed E-state index contributed by atoms with van der Waals surface area (Å²) in [5, 5.41) is 9.59. The SMILES string of the molecule is Nc1nccc(-c2ccc(NC(=S)Nc3ccc(NC(=O)c4ccccc4F)cc3)cc2Cl)n1. The number of thiocarbonyl (C=S) groups is 1. The molecule has 10 heteroatoms. The number of nitrogens with zero attached hydrogens (tertiary/aromatic N) is 2. The topological polar surface area (TPSA) is 105 Å². The highest BCUT2D eigenvalue weighted by molar-refractivity contribution is 7.80. The van der Waals surface area contributed by atoms with Gasteiger partial charge in [0.15, 0.2) is 5.11 Å². The molecule has 5 N–H and O–H groups in total. The first-order chi connectivity index (χ1) is 16.4. The van der Waals surface area contributed by atoms with Crippen LogP contribution in [0.1, 0.15) is 10.4 Å². The van der Waals surface area contributed by atoms with Crippen LogP contribution in [0.25, 0.3) is 11.3 Å². The lowest BCUT2D eigenvalue weighted by Gasteiger charge is -2.13. The average molecular weight is 493 g/mol. The summed E-state index contributed by atoms with van der Waals surface area (Å²) in [7, 11) is 0. The number of amides is 1. The van der Waals surface area contributed by atoms with E-state index in [-0.39, 0.29) is 11.5 Å². The lowest BCUT2D eigenvalue weighted by atomic mass is 10.1. The summed E-state index contributed by atoms with van der Waals surface area (Å²) in [6, 6.07) is 19.7. The summed E-state index contributed by atoms with van der Waals surface area (Å²) in [6.45, 7) is 0. The van der Waals surface area contributed by atoms with Crippen LogP contribution in [0.3, 0.4) is 0 Å². The number of hydrogen-bond donors (Lipinski definition) is 4. The Bertz CT molecular complexity index is 1370. The first-order valence-corrected chi connectivity index (χ1v) is 10.8. The van der Waals surface area contributed by atoms with Crippen molar-refractivity contribution in [3.05, 3.63) is 95.4 Å². The quantitative estimate of drug-likeness (QED) is 0.269. The van der Waals surface area contributed by atoms with E-state index in [1.807, 2.05) is 12.1 Å². The molecule has 0 saturated heterocycles. The van der Waals surface area contributed by atoms with Gasteiger partial charge in [-0.2, -0.15) is 0 Å². The Morgan fingerprint density at radius 3 is 2.24 bits per heavy atom. The number of carbonyl (C=O) groups is 1. The van der Waals surface area contributed by atoms with Gasteiger partial charge in [0.1, 0.15) is 5.82 Å². The second kappa shape index (κ2) is 10.2. The minimum absolute atomic E-state index is 0.0251. The van der Waals surface area contributed by atoms with Crippen molar-refractivity contribution in [3.8, 4) is 11.3 Å². The zero-order valence-corrected chi connectivity index (χ0v) is 19.1. The molecule has 1 amide bonds. The van der Waals surface area contributed by atoms with Crippen LogP contribution >= 0.6 is 23.8 Å². The summed E-state index contributed by atoms with van der Waals surface area (Å²) < 4.78 is 13.8. The highest BCUT2D eigenvalue weighted by Crippen LogP contribution is 2.29. The molecule has 170 valence electrons. The van der Waals surface area contributed by atoms with Crippen LogP contribution in [0.2, 0.25) is 5.02 Å². The first-order valence-electron chi connectivity index (χ1n) is 10.0. The van der Waals surface area contributed by atoms with Crippen molar-refractivity contribution in [1.82, 2.24) is 9.97 Å². The third kappa shape index (κ3) is 5.64. The zero-order valence-electron chi connectivity index (χ0n) is 17.5. The number of anilines is 4. The van der Waals surface area contributed by atoms with E-state index in [0.29, 0.717) is 38.5 Å². The van der Waals surface area contributed by atoms with E-state index in [4.69, 9.17) is 29.6 Å². The Balaban J connectivity index is 1.36. The number of nitrogens with two attached hydrogens (primary N) is 1. The van der Waals surface area contributed by atoms with E-state index >= 15 is 0 Å². The van der Waals surface area contributed by atoms with Crippen LogP contribution < -0.4 is 21.7 Å². The summed E-state index contributed by atoms with van der Waals surface area (Å²) >= 11 is 11.8. The molecule has 0 unspecified atom stereocenters. The van der Waals surface area contributed by atoms with Gasteiger partial charge in [0.2, 0.25) is 5.95 Å². The fourth-order valence-electron chi connectivity index (χ4n) is 3.10. The third-order valence-electron chi connectivity index (χ3n) is 4.70. The normalized spacial score (nSPS) is 10.4. The fraction of sp³-hybridized carbons (Fsp3) is 0. The number of carbonyl (C=O) groups excluding carboxylic acids is 1. The molecule has 4 aromatic rings. The van der Waals surface area contributed by atoms with Gasteiger partial charge in [-0.1, -0.05) is 23.7 Å². The van der Waals surface area contributed by atoms with Crippen LogP contribution in [0, 0.1) is 5.82 Å². The molecule has 4 rings (SSSR count). The summed E-state index contributed by atoms with van der Waals surface area (Å²) in [4.78, 5) is 20.3. The van der Waals surface area contributed by atoms with E-state index in [9.17, 15) is 9.18 Å². The van der Waals surface area contributed by atoms with Gasteiger partial charge < -0.3 is 21.7 Å². The van der Waals surface area contributed by atoms with Crippen LogP contribution in [0.15, 0.2) is 79.0 Å². The van der Waals surface area contributed by atoms with Crippen molar-refractivity contribution < 1.29 is 9.18 Å². The van der Waals surface area contributed by atoms with Crippen molar-refractivity contribution in [3.63, 3.8) is 0 Å². The Labute approximate surface area is 205 Å². The highest BCUT2D eigenvalue weighted by Gasteiger charge is 2.11. The van der Waals surface area contributed by atoms with E-state index in [1.165, 1.54) is 18.2 Å². The molecule has 0 radical (unpaired) electrons. The molecule has 0 aliphatic heterocycles. The van der Waals surface area contributed by atoms with Gasteiger partial charge in [0.25, 0.3) is 5.91 Å². The van der Waals surface area contributed by atoms with E-state index in [0.717, 1.165) is 0 Å². The number of rotatable bonds is 5. The lowest BCUT2D eigenvalue weighted by Crippen LogP contribution is -2.19. The van der Waals surface area contributed by atoms with Crippen LogP contribution in [-0.2, 0) is 0 Å². The molecule has 0 atom stereocenters. The molecule has 0 aliphatic carbocycles. The van der Waals surface area contributed by atoms with Gasteiger partial charge in [-0.3, -0.25) is 4.79 Å². The van der Waals surface area contributed by atoms with E-state index < -0.39 is 11.7 Å². The van der Waals surface area contributed by atoms with Crippen molar-refractivity contribution in [1.29, 1.82) is 0 Å². The molecule has 0 fully saturated rings. The number of halogens is 2. The summed E-state index contributed by atoms with van der Waals surface area (Å²) in [6.07, 6.45) is 1.57. The number of nitrogens with one attached hydrogen (secondary N) is 3. The molecule has 0 spiro atoms. The minimum atomic E-state index is -0.580. The number of nitrogen functional groups attached to an aromatic ring is 1. The molecule has 7 nitrogen and oxygen atoms in total. The predicted molar refractivity (Wildman–Crippen MR) is 138 cm³/mol. The monoisotopic (exact) mass is 492 g/mol. The third-order valence-corrected chi connectivity index (χ3v) is 5.21. The average Bonchev–Trinajstić information content (AvgIpc) is 2.80. The maximum atomic E-state index is 13.8. The van der Waals surface area contributed by atoms with Gasteiger partial charge in [0, 0.05) is 28.8 Å². The standard InChI is InChI=1S/C24H18ClFN6OS/c25-19-13-16(9-10-17(19)21-11-12-28-23(27)32-21)31-24(34)30-15-7-5-14(6-8-15)29-22(33)18-3-1-2-4-20(18)26/h1-13H,(H,29,33)(H2,27,28,32)(H2,30,31,34). The lowest BCUT2D eigenvalue weighted by molar-refractivity contribution is 0.102. The molecular formula is C24H18ClFN6OS. The van der Waals surface area contributed by atoms with Crippen molar-refractivity contribution in [2.45, 2.75) is 0 Å². The minimum Gasteiger partial charge on any atom is -0.368 e. The number of aromatic nitrogens is 2. The van der Waals surface area contributed by atoms with Crippen LogP contribution in [0.5, 0.6) is 0 Å². The number of benzene rings is 3. The van der Waals surface area contributed by atoms with Crippen molar-refractivity contribution >= 4 is 57.8 Å². The maximum Gasteiger partial charge on any atom is 0.258 e. The Hall–Kier alpha value is -4.08. The Kier molecular flexibility index (Phi) is 6.95. The smallest absolute Gasteiger partial charge is 0.258 e. The molecule has 1 heterocycles. The van der Waals surface area contributed by atoms with Gasteiger partial charge in [0.05, 0.1) is 16.3 Å². The zero-order chi connectivity index (χ0) is 24.1. The van der Waals surface area contributed by atoms with Crippen LogP contribution in [0.4, 0.5) is 27.4 Å². The molecule has 0 aliphatic rings. The van der Waals surface area contributed by atoms with Crippen molar-refractivity contribution in [2.75, 3.05) is 21.7 Å². The molecule has 3 aromatic carbocycles. The predicted octanol–water partition coefficient (Wildman–Crippen LogP) is 5.58. The first kappa shape index (κ1) is 23.1. The molecular weight excluding hydrogens is 475 g/mol. The van der Waals surface area contributed by atoms with Crippen LogP contribution in [-0.4, -0.2) is 21.0 Å². The summed E-state index contributed by atoms with van der Waals surface area (Å²) in [5.41, 5.74) is 8.85. The van der Waals surface area contributed by atoms with Gasteiger partial charge in [-0.25, -0.2) is 14.4 Å².